The molecule has 96 valence electrons. The van der Waals surface area contributed by atoms with E-state index >= 15 is 0 Å². The molecule has 0 aliphatic rings. The Balaban J connectivity index is 2.89. The predicted molar refractivity (Wildman–Crippen MR) is 71.8 cm³/mol. The number of rotatable bonds is 5. The van der Waals surface area contributed by atoms with Crippen LogP contribution in [-0.4, -0.2) is 16.5 Å². The van der Waals surface area contributed by atoms with E-state index in [1.165, 1.54) is 6.33 Å². The molecule has 0 bridgehead atoms. The van der Waals surface area contributed by atoms with Crippen LogP contribution >= 0.6 is 0 Å². The lowest BCUT2D eigenvalue weighted by Gasteiger charge is -2.21. The first-order valence-electron chi connectivity index (χ1n) is 6.02. The van der Waals surface area contributed by atoms with E-state index in [0.29, 0.717) is 5.82 Å². The zero-order valence-corrected chi connectivity index (χ0v) is 11.2. The van der Waals surface area contributed by atoms with E-state index in [2.05, 4.69) is 48.4 Å². The molecule has 0 amide bonds. The molecule has 0 saturated heterocycles. The van der Waals surface area contributed by atoms with E-state index in [0.717, 1.165) is 30.8 Å². The standard InChI is InChI=1S/C12H23N5/c1-5-6-9-10(14-7-12(2,3)4)15-8-16-11(9)17-13/h8H,5-7,13H2,1-4H3,(H2,14,15,16,17). The highest BCUT2D eigenvalue weighted by Crippen LogP contribution is 2.22. The highest BCUT2D eigenvalue weighted by atomic mass is 15.3. The van der Waals surface area contributed by atoms with E-state index in [9.17, 15) is 0 Å². The molecule has 0 aliphatic heterocycles. The summed E-state index contributed by atoms with van der Waals surface area (Å²) in [6, 6.07) is 0. The van der Waals surface area contributed by atoms with Crippen LogP contribution in [0.3, 0.4) is 0 Å². The van der Waals surface area contributed by atoms with E-state index in [4.69, 9.17) is 5.84 Å². The monoisotopic (exact) mass is 237 g/mol. The number of anilines is 2. The maximum atomic E-state index is 5.46. The van der Waals surface area contributed by atoms with Crippen LogP contribution in [-0.2, 0) is 6.42 Å². The quantitative estimate of drug-likeness (QED) is 0.540. The Labute approximate surface area is 103 Å². The summed E-state index contributed by atoms with van der Waals surface area (Å²) in [5.74, 6) is 7.05. The van der Waals surface area contributed by atoms with Gasteiger partial charge in [-0.05, 0) is 11.8 Å². The van der Waals surface area contributed by atoms with Crippen molar-refractivity contribution in [3.05, 3.63) is 11.9 Å². The normalized spacial score (nSPS) is 11.4. The molecule has 0 unspecified atom stereocenters. The van der Waals surface area contributed by atoms with Gasteiger partial charge in [0.05, 0.1) is 0 Å². The Kier molecular flexibility index (Phi) is 4.69. The van der Waals surface area contributed by atoms with Crippen LogP contribution in [0.1, 0.15) is 39.7 Å². The molecule has 1 rings (SSSR count). The zero-order valence-electron chi connectivity index (χ0n) is 11.2. The third kappa shape index (κ3) is 4.19. The van der Waals surface area contributed by atoms with Gasteiger partial charge in [0.2, 0.25) is 0 Å². The van der Waals surface area contributed by atoms with Crippen LogP contribution in [0.4, 0.5) is 11.6 Å². The Hall–Kier alpha value is -1.36. The molecule has 0 aliphatic carbocycles. The van der Waals surface area contributed by atoms with Crippen LogP contribution in [0.2, 0.25) is 0 Å². The number of aromatic nitrogens is 2. The fourth-order valence-corrected chi connectivity index (χ4v) is 1.52. The van der Waals surface area contributed by atoms with E-state index < -0.39 is 0 Å². The molecule has 0 spiro atoms. The first-order chi connectivity index (χ1) is 7.98. The molecule has 0 fully saturated rings. The Morgan fingerprint density at radius 3 is 2.41 bits per heavy atom. The molecule has 1 aromatic rings. The van der Waals surface area contributed by atoms with Crippen molar-refractivity contribution in [1.82, 2.24) is 9.97 Å². The number of nitrogens with two attached hydrogens (primary N) is 1. The predicted octanol–water partition coefficient (Wildman–Crippen LogP) is 2.17. The Morgan fingerprint density at radius 2 is 1.88 bits per heavy atom. The fraction of sp³-hybridized carbons (Fsp3) is 0.667. The highest BCUT2D eigenvalue weighted by molar-refractivity contribution is 5.56. The largest absolute Gasteiger partial charge is 0.369 e. The van der Waals surface area contributed by atoms with Crippen LogP contribution in [0.25, 0.3) is 0 Å². The minimum atomic E-state index is 0.213. The molecule has 0 saturated carbocycles. The molecule has 1 aromatic heterocycles. The summed E-state index contributed by atoms with van der Waals surface area (Å²) in [6.45, 7) is 9.54. The van der Waals surface area contributed by atoms with Crippen molar-refractivity contribution in [2.24, 2.45) is 11.3 Å². The van der Waals surface area contributed by atoms with E-state index in [-0.39, 0.29) is 5.41 Å². The van der Waals surface area contributed by atoms with Gasteiger partial charge in [0.1, 0.15) is 18.0 Å². The second kappa shape index (κ2) is 5.82. The fourth-order valence-electron chi connectivity index (χ4n) is 1.52. The molecule has 1 heterocycles. The lowest BCUT2D eigenvalue weighted by Crippen LogP contribution is -2.21. The van der Waals surface area contributed by atoms with E-state index in [1.807, 2.05) is 0 Å². The van der Waals surface area contributed by atoms with Gasteiger partial charge in [0.25, 0.3) is 0 Å². The third-order valence-corrected chi connectivity index (χ3v) is 2.37. The number of hydrogen-bond acceptors (Lipinski definition) is 5. The average molecular weight is 237 g/mol. The molecule has 0 radical (unpaired) electrons. The molecule has 0 atom stereocenters. The first-order valence-corrected chi connectivity index (χ1v) is 6.02. The summed E-state index contributed by atoms with van der Waals surface area (Å²) < 4.78 is 0. The topological polar surface area (TPSA) is 75.9 Å². The number of hydrogen-bond donors (Lipinski definition) is 3. The van der Waals surface area contributed by atoms with Gasteiger partial charge in [-0.15, -0.1) is 0 Å². The van der Waals surface area contributed by atoms with Crippen molar-refractivity contribution >= 4 is 11.6 Å². The summed E-state index contributed by atoms with van der Waals surface area (Å²) in [6.07, 6.45) is 3.47. The Morgan fingerprint density at radius 1 is 1.24 bits per heavy atom. The van der Waals surface area contributed by atoms with Gasteiger partial charge < -0.3 is 10.7 Å². The van der Waals surface area contributed by atoms with E-state index in [1.54, 1.807) is 0 Å². The molecular weight excluding hydrogens is 214 g/mol. The average Bonchev–Trinajstić information content (AvgIpc) is 2.27. The lowest BCUT2D eigenvalue weighted by atomic mass is 9.97. The SMILES string of the molecule is CCCc1c(NN)ncnc1NCC(C)(C)C. The van der Waals surface area contributed by atoms with Gasteiger partial charge >= 0.3 is 0 Å². The van der Waals surface area contributed by atoms with Gasteiger partial charge in [-0.1, -0.05) is 34.1 Å². The number of nitrogen functional groups attached to an aromatic ring is 1. The third-order valence-electron chi connectivity index (χ3n) is 2.37. The summed E-state index contributed by atoms with van der Waals surface area (Å²) in [7, 11) is 0. The first kappa shape index (κ1) is 13.7. The van der Waals surface area contributed by atoms with Crippen molar-refractivity contribution in [3.63, 3.8) is 0 Å². The number of hydrazine groups is 1. The molecule has 0 aromatic carbocycles. The van der Waals surface area contributed by atoms with Gasteiger partial charge in [-0.2, -0.15) is 0 Å². The molecule has 4 N–H and O–H groups in total. The van der Waals surface area contributed by atoms with Crippen LogP contribution in [0.15, 0.2) is 6.33 Å². The van der Waals surface area contributed by atoms with Gasteiger partial charge in [-0.25, -0.2) is 15.8 Å². The second-order valence-corrected chi connectivity index (χ2v) is 5.36. The maximum absolute atomic E-state index is 5.46. The molecular formula is C12H23N5. The summed E-state index contributed by atoms with van der Waals surface area (Å²) in [5.41, 5.74) is 3.90. The summed E-state index contributed by atoms with van der Waals surface area (Å²) >= 11 is 0. The van der Waals surface area contributed by atoms with Gasteiger partial charge in [0, 0.05) is 12.1 Å². The molecule has 17 heavy (non-hydrogen) atoms. The lowest BCUT2D eigenvalue weighted by molar-refractivity contribution is 0.442. The summed E-state index contributed by atoms with van der Waals surface area (Å²) in [4.78, 5) is 8.42. The summed E-state index contributed by atoms with van der Waals surface area (Å²) in [5, 5.41) is 3.37. The van der Waals surface area contributed by atoms with Crippen molar-refractivity contribution in [3.8, 4) is 0 Å². The van der Waals surface area contributed by atoms with Crippen LogP contribution < -0.4 is 16.6 Å². The zero-order chi connectivity index (χ0) is 12.9. The Bertz CT molecular complexity index is 356. The number of nitrogens with zero attached hydrogens (tertiary/aromatic N) is 2. The minimum absolute atomic E-state index is 0.213. The number of nitrogens with one attached hydrogen (secondary N) is 2. The van der Waals surface area contributed by atoms with Gasteiger partial charge in [0.15, 0.2) is 0 Å². The highest BCUT2D eigenvalue weighted by Gasteiger charge is 2.14. The molecule has 5 heteroatoms. The maximum Gasteiger partial charge on any atom is 0.148 e. The second-order valence-electron chi connectivity index (χ2n) is 5.36. The minimum Gasteiger partial charge on any atom is -0.369 e. The van der Waals surface area contributed by atoms with Crippen molar-refractivity contribution in [1.29, 1.82) is 0 Å². The van der Waals surface area contributed by atoms with Crippen LogP contribution in [0.5, 0.6) is 0 Å². The smallest absolute Gasteiger partial charge is 0.148 e. The van der Waals surface area contributed by atoms with Crippen molar-refractivity contribution < 1.29 is 0 Å². The van der Waals surface area contributed by atoms with Gasteiger partial charge in [-0.3, -0.25) is 0 Å². The van der Waals surface area contributed by atoms with Crippen molar-refractivity contribution in [2.45, 2.75) is 40.5 Å². The van der Waals surface area contributed by atoms with Crippen molar-refractivity contribution in [2.75, 3.05) is 17.3 Å². The molecule has 5 nitrogen and oxygen atoms in total. The van der Waals surface area contributed by atoms with Crippen LogP contribution in [0, 0.1) is 5.41 Å².